The van der Waals surface area contributed by atoms with E-state index in [1.807, 2.05) is 0 Å². The van der Waals surface area contributed by atoms with Crippen molar-refractivity contribution in [3.05, 3.63) is 23.8 Å². The summed E-state index contributed by atoms with van der Waals surface area (Å²) in [5.74, 6) is 0.970. The van der Waals surface area contributed by atoms with Gasteiger partial charge in [0, 0.05) is 18.7 Å². The number of carbonyl (C=O) groups is 1. The van der Waals surface area contributed by atoms with E-state index in [1.165, 1.54) is 18.2 Å². The fourth-order valence-corrected chi connectivity index (χ4v) is 4.28. The van der Waals surface area contributed by atoms with Crippen LogP contribution in [0, 0.1) is 0 Å². The first-order valence-corrected chi connectivity index (χ1v) is 9.52. The van der Waals surface area contributed by atoms with Crippen LogP contribution in [-0.4, -0.2) is 70.9 Å². The van der Waals surface area contributed by atoms with Crippen LogP contribution in [0.2, 0.25) is 0 Å². The lowest BCUT2D eigenvalue weighted by Crippen LogP contribution is -2.39. The number of hydrogen-bond acceptors (Lipinski definition) is 7. The number of hydrogen-bond donors (Lipinski definition) is 0. The maximum Gasteiger partial charge on any atom is 0.263 e. The van der Waals surface area contributed by atoms with Crippen molar-refractivity contribution in [2.75, 3.05) is 39.4 Å². The van der Waals surface area contributed by atoms with Crippen LogP contribution in [0.3, 0.4) is 0 Å². The van der Waals surface area contributed by atoms with Crippen molar-refractivity contribution in [3.63, 3.8) is 0 Å². The van der Waals surface area contributed by atoms with Crippen LogP contribution in [-0.2, 0) is 19.5 Å². The van der Waals surface area contributed by atoms with E-state index in [0.29, 0.717) is 17.9 Å². The average molecular weight is 370 g/mol. The van der Waals surface area contributed by atoms with E-state index in [2.05, 4.69) is 5.16 Å². The van der Waals surface area contributed by atoms with Gasteiger partial charge in [0.2, 0.25) is 0 Å². The number of carbonyl (C=O) groups excluding carboxylic acids is 1. The highest BCUT2D eigenvalue weighted by Gasteiger charge is 2.32. The molecule has 0 aliphatic carbocycles. The van der Waals surface area contributed by atoms with Crippen LogP contribution in [0.25, 0.3) is 0 Å². The minimum absolute atomic E-state index is 0.00412. The minimum Gasteiger partial charge on any atom is -0.493 e. The number of sulfone groups is 1. The largest absolute Gasteiger partial charge is 0.493 e. The predicted molar refractivity (Wildman–Crippen MR) is 92.9 cm³/mol. The second-order valence-electron chi connectivity index (χ2n) is 5.68. The van der Waals surface area contributed by atoms with Crippen molar-refractivity contribution in [2.45, 2.75) is 12.5 Å². The quantitative estimate of drug-likeness (QED) is 0.518. The lowest BCUT2D eigenvalue weighted by molar-refractivity contribution is -0.136. The molecule has 9 heteroatoms. The van der Waals surface area contributed by atoms with E-state index in [4.69, 9.17) is 14.3 Å². The molecule has 1 aromatic rings. The zero-order valence-electron chi connectivity index (χ0n) is 14.5. The molecule has 2 rings (SSSR count). The van der Waals surface area contributed by atoms with E-state index in [9.17, 15) is 13.2 Å². The molecule has 1 atom stereocenters. The number of likely N-dealkylation sites (N-methyl/N-ethyl adjacent to an activating group) is 1. The molecule has 1 fully saturated rings. The van der Waals surface area contributed by atoms with Gasteiger partial charge < -0.3 is 19.2 Å². The molecule has 0 aromatic heterocycles. The molecule has 1 aromatic carbocycles. The van der Waals surface area contributed by atoms with E-state index in [1.54, 1.807) is 32.4 Å². The summed E-state index contributed by atoms with van der Waals surface area (Å²) in [5, 5.41) is 3.76. The Morgan fingerprint density at radius 3 is 2.64 bits per heavy atom. The highest BCUT2D eigenvalue weighted by atomic mass is 32.2. The summed E-state index contributed by atoms with van der Waals surface area (Å²) in [6, 6.07) is 4.93. The smallest absolute Gasteiger partial charge is 0.263 e. The van der Waals surface area contributed by atoms with E-state index >= 15 is 0 Å². The molecular formula is C16H22N2O6S. The fraction of sp³-hybridized carbons (Fsp3) is 0.500. The molecule has 1 aliphatic heterocycles. The van der Waals surface area contributed by atoms with Crippen molar-refractivity contribution in [2.24, 2.45) is 5.16 Å². The van der Waals surface area contributed by atoms with Gasteiger partial charge in [-0.3, -0.25) is 4.79 Å². The van der Waals surface area contributed by atoms with Crippen LogP contribution in [0.5, 0.6) is 11.5 Å². The van der Waals surface area contributed by atoms with Gasteiger partial charge in [-0.2, -0.15) is 0 Å². The maximum absolute atomic E-state index is 12.0. The molecule has 138 valence electrons. The van der Waals surface area contributed by atoms with Crippen LogP contribution < -0.4 is 9.47 Å². The number of oxime groups is 1. The molecule has 0 bridgehead atoms. The number of amides is 1. The minimum atomic E-state index is -3.03. The zero-order chi connectivity index (χ0) is 18.4. The molecule has 1 saturated heterocycles. The van der Waals surface area contributed by atoms with Crippen LogP contribution in [0.1, 0.15) is 12.0 Å². The van der Waals surface area contributed by atoms with Crippen molar-refractivity contribution in [3.8, 4) is 11.5 Å². The molecule has 0 saturated carbocycles. The van der Waals surface area contributed by atoms with Crippen LogP contribution in [0.4, 0.5) is 0 Å². The molecule has 0 unspecified atom stereocenters. The first kappa shape index (κ1) is 19.0. The monoisotopic (exact) mass is 370 g/mol. The Morgan fingerprint density at radius 1 is 1.32 bits per heavy atom. The third-order valence-corrected chi connectivity index (χ3v) is 5.77. The second-order valence-corrected chi connectivity index (χ2v) is 7.91. The Balaban J connectivity index is 1.85. The summed E-state index contributed by atoms with van der Waals surface area (Å²) in [7, 11) is 1.63. The lowest BCUT2D eigenvalue weighted by atomic mass is 10.2. The van der Waals surface area contributed by atoms with Gasteiger partial charge in [0.05, 0.1) is 31.9 Å². The Kier molecular flexibility index (Phi) is 6.24. The normalized spacial score (nSPS) is 18.9. The highest BCUT2D eigenvalue weighted by Crippen LogP contribution is 2.26. The molecule has 8 nitrogen and oxygen atoms in total. The Hall–Kier alpha value is -2.29. The molecule has 1 amide bonds. The van der Waals surface area contributed by atoms with Crippen molar-refractivity contribution < 1.29 is 27.5 Å². The number of methoxy groups -OCH3 is 2. The highest BCUT2D eigenvalue weighted by molar-refractivity contribution is 7.91. The van der Waals surface area contributed by atoms with Crippen molar-refractivity contribution >= 4 is 22.0 Å². The van der Waals surface area contributed by atoms with E-state index in [0.717, 1.165) is 5.56 Å². The summed E-state index contributed by atoms with van der Waals surface area (Å²) >= 11 is 0. The second kappa shape index (κ2) is 8.19. The fourth-order valence-electron chi connectivity index (χ4n) is 2.51. The van der Waals surface area contributed by atoms with Gasteiger partial charge in [-0.05, 0) is 24.6 Å². The first-order valence-electron chi connectivity index (χ1n) is 7.69. The van der Waals surface area contributed by atoms with Gasteiger partial charge >= 0.3 is 0 Å². The summed E-state index contributed by atoms with van der Waals surface area (Å²) in [4.78, 5) is 18.5. The van der Waals surface area contributed by atoms with Gasteiger partial charge in [-0.1, -0.05) is 5.16 Å². The third kappa shape index (κ3) is 5.09. The van der Waals surface area contributed by atoms with Gasteiger partial charge in [0.1, 0.15) is 0 Å². The molecule has 1 heterocycles. The predicted octanol–water partition coefficient (Wildman–Crippen LogP) is 0.700. The molecule has 25 heavy (non-hydrogen) atoms. The van der Waals surface area contributed by atoms with E-state index in [-0.39, 0.29) is 30.1 Å². The summed E-state index contributed by atoms with van der Waals surface area (Å²) in [6.45, 7) is -0.253. The first-order chi connectivity index (χ1) is 11.9. The lowest BCUT2D eigenvalue weighted by Gasteiger charge is -2.22. The topological polar surface area (TPSA) is 94.5 Å². The number of benzene rings is 1. The average Bonchev–Trinajstić information content (AvgIpc) is 2.97. The van der Waals surface area contributed by atoms with E-state index < -0.39 is 9.84 Å². The Bertz CT molecular complexity index is 747. The number of ether oxygens (including phenoxy) is 2. The summed E-state index contributed by atoms with van der Waals surface area (Å²) < 4.78 is 33.3. The number of rotatable bonds is 7. The van der Waals surface area contributed by atoms with Crippen molar-refractivity contribution in [1.29, 1.82) is 0 Å². The van der Waals surface area contributed by atoms with Gasteiger partial charge in [0.25, 0.3) is 5.91 Å². The summed E-state index contributed by atoms with van der Waals surface area (Å²) in [5.41, 5.74) is 0.723. The molecular weight excluding hydrogens is 348 g/mol. The third-order valence-electron chi connectivity index (χ3n) is 4.02. The SMILES string of the molecule is COc1ccc(/C=N\OCC(=O)N(C)[C@@H]2CCS(=O)(=O)C2)cc1OC. The van der Waals surface area contributed by atoms with Crippen LogP contribution >= 0.6 is 0 Å². The zero-order valence-corrected chi connectivity index (χ0v) is 15.3. The molecule has 0 spiro atoms. The van der Waals surface area contributed by atoms with Gasteiger partial charge in [-0.15, -0.1) is 0 Å². The Morgan fingerprint density at radius 2 is 2.04 bits per heavy atom. The van der Waals surface area contributed by atoms with Crippen LogP contribution in [0.15, 0.2) is 23.4 Å². The Labute approximate surface area is 147 Å². The maximum atomic E-state index is 12.0. The van der Waals surface area contributed by atoms with Crippen molar-refractivity contribution in [1.82, 2.24) is 4.90 Å². The standard InChI is InChI=1S/C16H22N2O6S/c1-18(13-6-7-25(20,21)11-13)16(19)10-24-17-9-12-4-5-14(22-2)15(8-12)23-3/h4-5,8-9,13H,6-7,10-11H2,1-3H3/b17-9-/t13-/m1/s1. The molecule has 0 radical (unpaired) electrons. The molecule has 0 N–H and O–H groups in total. The summed E-state index contributed by atoms with van der Waals surface area (Å²) in [6.07, 6.45) is 1.91. The number of nitrogens with zero attached hydrogens (tertiary/aromatic N) is 2. The molecule has 1 aliphatic rings. The van der Waals surface area contributed by atoms with Gasteiger partial charge in [-0.25, -0.2) is 8.42 Å². The van der Waals surface area contributed by atoms with Gasteiger partial charge in [0.15, 0.2) is 27.9 Å².